The zero-order chi connectivity index (χ0) is 14.1. The monoisotopic (exact) mass is 254 g/mol. The average molecular weight is 254 g/mol. The highest BCUT2D eigenvalue weighted by molar-refractivity contribution is 5.39. The first-order valence-electron chi connectivity index (χ1n) is 6.12. The Bertz CT molecular complexity index is 259. The van der Waals surface area contributed by atoms with Crippen LogP contribution in [0.3, 0.4) is 0 Å². The smallest absolute Gasteiger partial charge is 0.212 e. The van der Waals surface area contributed by atoms with Crippen LogP contribution in [-0.2, 0) is 0 Å². The first-order valence-corrected chi connectivity index (χ1v) is 6.12. The van der Waals surface area contributed by atoms with Gasteiger partial charge in [0, 0.05) is 6.42 Å². The van der Waals surface area contributed by atoms with E-state index in [4.69, 9.17) is 0 Å². The number of hydrogen-bond donors (Lipinski definition) is 0. The van der Waals surface area contributed by atoms with Crippen LogP contribution >= 0.6 is 0 Å². The summed E-state index contributed by atoms with van der Waals surface area (Å²) in [6.45, 7) is 9.53. The fourth-order valence-corrected chi connectivity index (χ4v) is 1.43. The van der Waals surface area contributed by atoms with Crippen LogP contribution in [0.25, 0.3) is 0 Å². The summed E-state index contributed by atoms with van der Waals surface area (Å²) < 4.78 is 49.8. The minimum absolute atomic E-state index is 0.0944. The van der Waals surface area contributed by atoms with Crippen molar-refractivity contribution in [1.82, 2.24) is 0 Å². The maximum atomic E-state index is 13.0. The summed E-state index contributed by atoms with van der Waals surface area (Å²) in [5, 5.41) is 0. The third kappa shape index (κ3) is 5.89. The van der Waals surface area contributed by atoms with Gasteiger partial charge in [0.1, 0.15) is 5.83 Å². The summed E-state index contributed by atoms with van der Waals surface area (Å²) in [4.78, 5) is 0. The lowest BCUT2D eigenvalue weighted by molar-refractivity contribution is -0.0903. The van der Waals surface area contributed by atoms with Crippen LogP contribution in [-0.4, -0.2) is 6.18 Å². The second kappa shape index (κ2) is 9.25. The van der Waals surface area contributed by atoms with Gasteiger partial charge in [0.15, 0.2) is 0 Å². The first kappa shape index (κ1) is 18.6. The molecule has 0 aliphatic heterocycles. The molecule has 102 valence electrons. The van der Waals surface area contributed by atoms with Gasteiger partial charge in [-0.25, -0.2) is 4.39 Å². The van der Waals surface area contributed by atoms with E-state index in [9.17, 15) is 17.6 Å². The van der Waals surface area contributed by atoms with E-state index in [-0.39, 0.29) is 24.8 Å². The highest BCUT2D eigenvalue weighted by Crippen LogP contribution is 2.38. The number of alkyl halides is 3. The summed E-state index contributed by atoms with van der Waals surface area (Å²) in [6, 6.07) is 0. The van der Waals surface area contributed by atoms with Gasteiger partial charge >= 0.3 is 6.18 Å². The van der Waals surface area contributed by atoms with Gasteiger partial charge in [0.25, 0.3) is 0 Å². The summed E-state index contributed by atoms with van der Waals surface area (Å²) in [5.41, 5.74) is -0.975. The summed E-state index contributed by atoms with van der Waals surface area (Å²) in [7, 11) is 0. The van der Waals surface area contributed by atoms with Crippen molar-refractivity contribution in [1.29, 1.82) is 0 Å². The van der Waals surface area contributed by atoms with Crippen molar-refractivity contribution in [2.45, 2.75) is 60.1 Å². The number of hydrogen-bond acceptors (Lipinski definition) is 0. The Morgan fingerprint density at radius 1 is 1.12 bits per heavy atom. The lowest BCUT2D eigenvalue weighted by atomic mass is 9.94. The molecule has 1 aliphatic carbocycles. The van der Waals surface area contributed by atoms with Crippen LogP contribution in [0, 0.1) is 0 Å². The predicted molar refractivity (Wildman–Crippen MR) is 64.5 cm³/mol. The Balaban J connectivity index is 0. The highest BCUT2D eigenvalue weighted by atomic mass is 19.4. The van der Waals surface area contributed by atoms with E-state index < -0.39 is 17.6 Å². The second-order valence-electron chi connectivity index (χ2n) is 2.89. The zero-order valence-corrected chi connectivity index (χ0v) is 11.2. The molecule has 0 saturated carbocycles. The fraction of sp³-hybridized carbons (Fsp3) is 0.692. The van der Waals surface area contributed by atoms with Crippen LogP contribution < -0.4 is 0 Å². The average Bonchev–Trinajstić information content (AvgIpc) is 2.33. The Morgan fingerprint density at radius 3 is 1.88 bits per heavy atom. The molecule has 0 aromatic carbocycles. The second-order valence-corrected chi connectivity index (χ2v) is 2.89. The molecule has 0 aromatic rings. The van der Waals surface area contributed by atoms with Crippen molar-refractivity contribution in [2.24, 2.45) is 0 Å². The van der Waals surface area contributed by atoms with E-state index in [0.717, 1.165) is 6.08 Å². The molecule has 0 heterocycles. The Labute approximate surface area is 101 Å². The topological polar surface area (TPSA) is 0 Å². The van der Waals surface area contributed by atoms with Crippen LogP contribution in [0.15, 0.2) is 23.0 Å². The van der Waals surface area contributed by atoms with Gasteiger partial charge < -0.3 is 0 Å². The minimum Gasteiger partial charge on any atom is -0.212 e. The third-order valence-electron chi connectivity index (χ3n) is 2.02. The van der Waals surface area contributed by atoms with Crippen molar-refractivity contribution in [2.75, 3.05) is 0 Å². The summed E-state index contributed by atoms with van der Waals surface area (Å²) >= 11 is 0. The van der Waals surface area contributed by atoms with Gasteiger partial charge in [0.05, 0.1) is 5.57 Å². The van der Waals surface area contributed by atoms with Crippen molar-refractivity contribution < 1.29 is 17.6 Å². The van der Waals surface area contributed by atoms with Gasteiger partial charge in [-0.1, -0.05) is 40.7 Å². The molecule has 0 N–H and O–H groups in total. The van der Waals surface area contributed by atoms with E-state index in [0.29, 0.717) is 0 Å². The lowest BCUT2D eigenvalue weighted by Crippen LogP contribution is -2.16. The first-order chi connectivity index (χ1) is 7.96. The molecule has 4 heteroatoms. The van der Waals surface area contributed by atoms with Gasteiger partial charge in [-0.3, -0.25) is 0 Å². The molecule has 1 aliphatic rings. The van der Waals surface area contributed by atoms with E-state index in [1.807, 2.05) is 27.7 Å². The maximum Gasteiger partial charge on any atom is 0.416 e. The molecule has 0 radical (unpaired) electrons. The van der Waals surface area contributed by atoms with Crippen LogP contribution in [0.1, 0.15) is 53.9 Å². The Hall–Kier alpha value is -0.800. The van der Waals surface area contributed by atoms with Gasteiger partial charge in [0.2, 0.25) is 0 Å². The largest absolute Gasteiger partial charge is 0.416 e. The molecular weight excluding hydrogens is 232 g/mol. The quantitative estimate of drug-likeness (QED) is 0.507. The van der Waals surface area contributed by atoms with E-state index in [1.165, 1.54) is 6.92 Å². The fourth-order valence-electron chi connectivity index (χ4n) is 1.43. The van der Waals surface area contributed by atoms with E-state index >= 15 is 0 Å². The number of allylic oxidation sites excluding steroid dienone is 4. The molecule has 1 rings (SSSR count). The summed E-state index contributed by atoms with van der Waals surface area (Å²) in [6.07, 6.45) is -3.00. The molecule has 0 fully saturated rings. The molecule has 0 aromatic heterocycles. The van der Waals surface area contributed by atoms with E-state index in [1.54, 1.807) is 0 Å². The van der Waals surface area contributed by atoms with Crippen molar-refractivity contribution >= 4 is 0 Å². The molecule has 0 spiro atoms. The zero-order valence-electron chi connectivity index (χ0n) is 11.2. The van der Waals surface area contributed by atoms with Gasteiger partial charge in [-0.2, -0.15) is 13.2 Å². The standard InChI is InChI=1S/C9H10F4.2C2H6/c1-2-6-7(9(11,12)13)4-3-5-8(6)10;2*1-2/h4H,2-3,5H2,1H3;2*1-2H3. The van der Waals surface area contributed by atoms with Gasteiger partial charge in [-0.05, 0) is 18.4 Å². The van der Waals surface area contributed by atoms with Crippen LogP contribution in [0.2, 0.25) is 0 Å². The molecule has 0 bridgehead atoms. The van der Waals surface area contributed by atoms with Crippen LogP contribution in [0.4, 0.5) is 17.6 Å². The Morgan fingerprint density at radius 2 is 1.59 bits per heavy atom. The highest BCUT2D eigenvalue weighted by Gasteiger charge is 2.37. The van der Waals surface area contributed by atoms with Crippen LogP contribution in [0.5, 0.6) is 0 Å². The molecule has 0 atom stereocenters. The maximum absolute atomic E-state index is 13.0. The molecule has 17 heavy (non-hydrogen) atoms. The van der Waals surface area contributed by atoms with Crippen molar-refractivity contribution in [3.63, 3.8) is 0 Å². The number of halogens is 4. The summed E-state index contributed by atoms with van der Waals surface area (Å²) in [5.74, 6) is -0.614. The third-order valence-corrected chi connectivity index (χ3v) is 2.02. The van der Waals surface area contributed by atoms with Gasteiger partial charge in [-0.15, -0.1) is 0 Å². The minimum atomic E-state index is -4.41. The molecule has 0 nitrogen and oxygen atoms in total. The molecular formula is C13H22F4. The number of rotatable bonds is 1. The van der Waals surface area contributed by atoms with Crippen molar-refractivity contribution in [3.05, 3.63) is 23.0 Å². The molecule has 0 saturated heterocycles. The Kier molecular flexibility index (Phi) is 10.1. The molecule has 0 unspecified atom stereocenters. The SMILES string of the molecule is CC.CC.CCC1=C(F)CCC=C1C(F)(F)F. The normalized spacial score (nSPS) is 15.2. The molecule has 0 amide bonds. The van der Waals surface area contributed by atoms with Crippen molar-refractivity contribution in [3.8, 4) is 0 Å². The van der Waals surface area contributed by atoms with E-state index in [2.05, 4.69) is 0 Å². The predicted octanol–water partition coefficient (Wildman–Crippen LogP) is 5.95. The lowest BCUT2D eigenvalue weighted by Gasteiger charge is -2.18.